The second-order valence-corrected chi connectivity index (χ2v) is 3.85. The van der Waals surface area contributed by atoms with E-state index in [1.165, 1.54) is 0 Å². The van der Waals surface area contributed by atoms with E-state index in [9.17, 15) is 22.8 Å². The molecule has 0 rings (SSSR count). The molecule has 0 aliphatic carbocycles. The Morgan fingerprint density at radius 1 is 1.06 bits per heavy atom. The SMILES string of the molecule is C=C(C)C(=O)NCCCCCNC(=O)C(F)(F)F. The smallest absolute Gasteiger partial charge is 0.352 e. The predicted octanol–water partition coefficient (Wildman–Crippen LogP) is 1.53. The highest BCUT2D eigenvalue weighted by molar-refractivity contribution is 5.91. The lowest BCUT2D eigenvalue weighted by atomic mass is 10.2. The topological polar surface area (TPSA) is 58.2 Å². The first kappa shape index (κ1) is 16.5. The second kappa shape index (κ2) is 7.73. The average Bonchev–Trinajstić information content (AvgIpc) is 2.25. The van der Waals surface area contributed by atoms with Gasteiger partial charge in [0.15, 0.2) is 0 Å². The third-order valence-corrected chi connectivity index (χ3v) is 2.07. The Morgan fingerprint density at radius 2 is 1.56 bits per heavy atom. The molecule has 4 nitrogen and oxygen atoms in total. The number of rotatable bonds is 7. The fourth-order valence-corrected chi connectivity index (χ4v) is 1.08. The third kappa shape index (κ3) is 7.70. The van der Waals surface area contributed by atoms with Crippen molar-refractivity contribution in [2.75, 3.05) is 13.1 Å². The summed E-state index contributed by atoms with van der Waals surface area (Å²) in [5.41, 5.74) is 0.410. The van der Waals surface area contributed by atoms with Crippen molar-refractivity contribution in [3.63, 3.8) is 0 Å². The number of nitrogens with one attached hydrogen (secondary N) is 2. The molecule has 0 fully saturated rings. The van der Waals surface area contributed by atoms with Crippen molar-refractivity contribution in [1.82, 2.24) is 10.6 Å². The molecule has 0 unspecified atom stereocenters. The van der Waals surface area contributed by atoms with Gasteiger partial charge in [0.1, 0.15) is 0 Å². The van der Waals surface area contributed by atoms with Gasteiger partial charge in [-0.3, -0.25) is 9.59 Å². The zero-order chi connectivity index (χ0) is 14.2. The number of alkyl halides is 3. The fraction of sp³-hybridized carbons (Fsp3) is 0.636. The first-order valence-corrected chi connectivity index (χ1v) is 5.54. The fourth-order valence-electron chi connectivity index (χ4n) is 1.08. The van der Waals surface area contributed by atoms with Gasteiger partial charge in [-0.1, -0.05) is 6.58 Å². The number of carbonyl (C=O) groups is 2. The molecule has 18 heavy (non-hydrogen) atoms. The minimum absolute atomic E-state index is 0.0211. The predicted molar refractivity (Wildman–Crippen MR) is 60.7 cm³/mol. The van der Waals surface area contributed by atoms with Gasteiger partial charge in [-0.2, -0.15) is 13.2 Å². The maximum absolute atomic E-state index is 11.8. The van der Waals surface area contributed by atoms with Gasteiger partial charge >= 0.3 is 12.1 Å². The minimum atomic E-state index is -4.82. The lowest BCUT2D eigenvalue weighted by Crippen LogP contribution is -2.37. The molecule has 2 N–H and O–H groups in total. The van der Waals surface area contributed by atoms with Crippen LogP contribution in [0.1, 0.15) is 26.2 Å². The monoisotopic (exact) mass is 266 g/mol. The zero-order valence-corrected chi connectivity index (χ0v) is 10.2. The molecule has 0 aromatic heterocycles. The first-order valence-electron chi connectivity index (χ1n) is 5.54. The molecule has 2 amide bonds. The van der Waals surface area contributed by atoms with E-state index < -0.39 is 12.1 Å². The summed E-state index contributed by atoms with van der Waals surface area (Å²) >= 11 is 0. The van der Waals surface area contributed by atoms with E-state index in [0.29, 0.717) is 31.4 Å². The molecule has 0 aliphatic rings. The van der Waals surface area contributed by atoms with Crippen molar-refractivity contribution in [2.45, 2.75) is 32.4 Å². The molecule has 0 saturated heterocycles. The van der Waals surface area contributed by atoms with Crippen LogP contribution in [0.15, 0.2) is 12.2 Å². The van der Waals surface area contributed by atoms with Gasteiger partial charge in [0, 0.05) is 18.7 Å². The molecule has 7 heteroatoms. The summed E-state index contributed by atoms with van der Waals surface area (Å²) in [6.45, 7) is 5.47. The van der Waals surface area contributed by atoms with Crippen molar-refractivity contribution in [1.29, 1.82) is 0 Å². The summed E-state index contributed by atoms with van der Waals surface area (Å²) in [7, 11) is 0. The van der Waals surface area contributed by atoms with Gasteiger partial charge in [0.05, 0.1) is 0 Å². The lowest BCUT2D eigenvalue weighted by Gasteiger charge is -2.08. The number of amides is 2. The standard InChI is InChI=1S/C11H17F3N2O2/c1-8(2)9(17)15-6-4-3-5-7-16-10(18)11(12,13)14/h1,3-7H2,2H3,(H,15,17)(H,16,18). The molecule has 104 valence electrons. The van der Waals surface area contributed by atoms with Crippen LogP contribution in [-0.2, 0) is 9.59 Å². The molecule has 0 heterocycles. The van der Waals surface area contributed by atoms with Crippen LogP contribution in [0.4, 0.5) is 13.2 Å². The number of hydrogen-bond acceptors (Lipinski definition) is 2. The van der Waals surface area contributed by atoms with Crippen LogP contribution < -0.4 is 10.6 Å². The van der Waals surface area contributed by atoms with E-state index in [-0.39, 0.29) is 12.5 Å². The second-order valence-electron chi connectivity index (χ2n) is 3.85. The summed E-state index contributed by atoms with van der Waals surface area (Å²) in [4.78, 5) is 21.5. The zero-order valence-electron chi connectivity index (χ0n) is 10.2. The van der Waals surface area contributed by atoms with Crippen molar-refractivity contribution in [3.8, 4) is 0 Å². The highest BCUT2D eigenvalue weighted by Crippen LogP contribution is 2.13. The first-order chi connectivity index (χ1) is 8.25. The van der Waals surface area contributed by atoms with Crippen LogP contribution in [0.2, 0.25) is 0 Å². The molecular formula is C11H17F3N2O2. The summed E-state index contributed by atoms with van der Waals surface area (Å²) < 4.78 is 35.3. The summed E-state index contributed by atoms with van der Waals surface area (Å²) in [6.07, 6.45) is -3.13. The van der Waals surface area contributed by atoms with Gasteiger partial charge < -0.3 is 10.6 Å². The Morgan fingerprint density at radius 3 is 2.00 bits per heavy atom. The average molecular weight is 266 g/mol. The summed E-state index contributed by atoms with van der Waals surface area (Å²) in [5.74, 6) is -2.15. The Balaban J connectivity index is 3.45. The number of halogens is 3. The van der Waals surface area contributed by atoms with Gasteiger partial charge in [-0.15, -0.1) is 0 Å². The van der Waals surface area contributed by atoms with Crippen molar-refractivity contribution in [2.24, 2.45) is 0 Å². The molecule has 0 aliphatic heterocycles. The Labute approximate surface area is 104 Å². The third-order valence-electron chi connectivity index (χ3n) is 2.07. The summed E-state index contributed by atoms with van der Waals surface area (Å²) in [6, 6.07) is 0. The van der Waals surface area contributed by atoms with Crippen LogP contribution in [-0.4, -0.2) is 31.1 Å². The normalized spacial score (nSPS) is 10.9. The Kier molecular flexibility index (Phi) is 7.07. The van der Waals surface area contributed by atoms with Gasteiger partial charge in [-0.05, 0) is 26.2 Å². The van der Waals surface area contributed by atoms with Gasteiger partial charge in [0.25, 0.3) is 0 Å². The van der Waals surface area contributed by atoms with E-state index in [2.05, 4.69) is 11.9 Å². The molecule has 0 bridgehead atoms. The quantitative estimate of drug-likeness (QED) is 0.542. The van der Waals surface area contributed by atoms with Gasteiger partial charge in [-0.25, -0.2) is 0 Å². The maximum atomic E-state index is 11.8. The summed E-state index contributed by atoms with van der Waals surface area (Å²) in [5, 5.41) is 4.38. The van der Waals surface area contributed by atoms with Crippen LogP contribution in [0.25, 0.3) is 0 Å². The van der Waals surface area contributed by atoms with E-state index in [1.807, 2.05) is 0 Å². The lowest BCUT2D eigenvalue weighted by molar-refractivity contribution is -0.173. The van der Waals surface area contributed by atoms with Crippen LogP contribution >= 0.6 is 0 Å². The largest absolute Gasteiger partial charge is 0.471 e. The highest BCUT2D eigenvalue weighted by atomic mass is 19.4. The number of carbonyl (C=O) groups excluding carboxylic acids is 2. The molecule has 0 aromatic carbocycles. The van der Waals surface area contributed by atoms with Crippen LogP contribution in [0.5, 0.6) is 0 Å². The molecule has 0 saturated carbocycles. The van der Waals surface area contributed by atoms with Gasteiger partial charge in [0.2, 0.25) is 5.91 Å². The number of hydrogen-bond donors (Lipinski definition) is 2. The molecule has 0 atom stereocenters. The highest BCUT2D eigenvalue weighted by Gasteiger charge is 2.38. The minimum Gasteiger partial charge on any atom is -0.352 e. The molecule has 0 spiro atoms. The molecular weight excluding hydrogens is 249 g/mol. The van der Waals surface area contributed by atoms with Crippen LogP contribution in [0, 0.1) is 0 Å². The van der Waals surface area contributed by atoms with E-state index >= 15 is 0 Å². The Bertz CT molecular complexity index is 314. The Hall–Kier alpha value is -1.53. The maximum Gasteiger partial charge on any atom is 0.471 e. The van der Waals surface area contributed by atoms with E-state index in [4.69, 9.17) is 0 Å². The van der Waals surface area contributed by atoms with E-state index in [0.717, 1.165) is 0 Å². The van der Waals surface area contributed by atoms with Crippen molar-refractivity contribution >= 4 is 11.8 Å². The molecule has 0 aromatic rings. The molecule has 0 radical (unpaired) electrons. The van der Waals surface area contributed by atoms with Crippen molar-refractivity contribution < 1.29 is 22.8 Å². The van der Waals surface area contributed by atoms with Crippen LogP contribution in [0.3, 0.4) is 0 Å². The number of unbranched alkanes of at least 4 members (excludes halogenated alkanes) is 2. The van der Waals surface area contributed by atoms with Crippen molar-refractivity contribution in [3.05, 3.63) is 12.2 Å². The van der Waals surface area contributed by atoms with E-state index in [1.54, 1.807) is 12.2 Å².